The van der Waals surface area contributed by atoms with Crippen LogP contribution in [-0.2, 0) is 4.79 Å². The predicted octanol–water partition coefficient (Wildman–Crippen LogP) is 2.41. The van der Waals surface area contributed by atoms with E-state index in [1.807, 2.05) is 12.1 Å². The number of fused-ring (bicyclic) bond motifs is 2. The van der Waals surface area contributed by atoms with E-state index in [4.69, 9.17) is 10.9 Å². The first kappa shape index (κ1) is 15.5. The summed E-state index contributed by atoms with van der Waals surface area (Å²) >= 11 is 0. The molecule has 0 N–H and O–H groups in total. The number of hydrogen-bond donors (Lipinski definition) is 0. The lowest BCUT2D eigenvalue weighted by molar-refractivity contribution is -0.109. The number of carbonyl (C=O) groups is 2. The standard InChI is InChI=1S/C20H10N4O2/c21-23-17-8-7-15-13(2-1-3-16(15)20(17)26)11-4-6-14-12(10-11)5-9-18(25)19(14)24-22/h1-10H. The molecule has 0 saturated carbocycles. The summed E-state index contributed by atoms with van der Waals surface area (Å²) in [5, 5.41) is 15.1. The maximum atomic E-state index is 12.3. The molecule has 0 aromatic heterocycles. The SMILES string of the molecule is N#[N+]C1=c2ccc(=c3cccc4c3=CC=C(N=[N-])C4=O)cc2C=CC1=O. The molecular formula is C20H10N4O2. The van der Waals surface area contributed by atoms with Gasteiger partial charge in [0.05, 0.1) is 10.9 Å². The van der Waals surface area contributed by atoms with Crippen molar-refractivity contribution in [3.8, 4) is 0 Å². The molecule has 2 aliphatic rings. The number of benzene rings is 2. The third kappa shape index (κ3) is 2.23. The van der Waals surface area contributed by atoms with Crippen LogP contribution in [0.15, 0.2) is 59.4 Å². The van der Waals surface area contributed by atoms with Gasteiger partial charge in [0.15, 0.2) is 4.98 Å². The van der Waals surface area contributed by atoms with Crippen molar-refractivity contribution < 1.29 is 9.59 Å². The zero-order valence-electron chi connectivity index (χ0n) is 13.4. The molecule has 0 unspecified atom stereocenters. The number of hydrogen-bond acceptors (Lipinski definition) is 4. The van der Waals surface area contributed by atoms with Crippen molar-refractivity contribution in [2.45, 2.75) is 0 Å². The minimum Gasteiger partial charge on any atom is -0.706 e. The highest BCUT2D eigenvalue weighted by atomic mass is 16.1. The zero-order valence-corrected chi connectivity index (χ0v) is 13.4. The Bertz CT molecular complexity index is 1340. The van der Waals surface area contributed by atoms with E-state index in [1.165, 1.54) is 12.2 Å². The Kier molecular flexibility index (Phi) is 3.48. The Balaban J connectivity index is 2.14. The fraction of sp³-hybridized carbons (Fsp3) is 0. The largest absolute Gasteiger partial charge is 0.706 e. The molecule has 0 saturated heterocycles. The monoisotopic (exact) mass is 338 g/mol. The van der Waals surface area contributed by atoms with Crippen LogP contribution in [0.4, 0.5) is 0 Å². The van der Waals surface area contributed by atoms with E-state index in [0.29, 0.717) is 10.8 Å². The number of nitrogens with zero attached hydrogens (tertiary/aromatic N) is 4. The lowest BCUT2D eigenvalue weighted by Gasteiger charge is -2.09. The van der Waals surface area contributed by atoms with Crippen molar-refractivity contribution >= 4 is 29.4 Å². The summed E-state index contributed by atoms with van der Waals surface area (Å²) in [4.78, 5) is 27.2. The highest BCUT2D eigenvalue weighted by Crippen LogP contribution is 2.13. The van der Waals surface area contributed by atoms with Crippen LogP contribution >= 0.6 is 0 Å². The second-order valence-electron chi connectivity index (χ2n) is 5.86. The van der Waals surface area contributed by atoms with E-state index in [0.717, 1.165) is 21.2 Å². The highest BCUT2D eigenvalue weighted by molar-refractivity contribution is 6.25. The normalized spacial score (nSPS) is 16.1. The molecule has 6 nitrogen and oxygen atoms in total. The molecule has 2 aromatic carbocycles. The van der Waals surface area contributed by atoms with Crippen molar-refractivity contribution in [3.63, 3.8) is 0 Å². The molecule has 2 aromatic rings. The lowest BCUT2D eigenvalue weighted by Crippen LogP contribution is -2.21. The van der Waals surface area contributed by atoms with Gasteiger partial charge in [-0.05, 0) is 51.6 Å². The molecule has 0 fully saturated rings. The van der Waals surface area contributed by atoms with Crippen molar-refractivity contribution in [1.29, 1.82) is 5.39 Å². The first-order valence-electron chi connectivity index (χ1n) is 7.81. The van der Waals surface area contributed by atoms with Gasteiger partial charge in [-0.2, -0.15) is 0 Å². The Morgan fingerprint density at radius 1 is 1.00 bits per heavy atom. The van der Waals surface area contributed by atoms with Crippen molar-refractivity contribution in [1.82, 2.24) is 0 Å². The molecule has 6 heteroatoms. The molecule has 4 rings (SSSR count). The van der Waals surface area contributed by atoms with Crippen LogP contribution in [0.25, 0.3) is 28.4 Å². The average Bonchev–Trinajstić information content (AvgIpc) is 2.67. The van der Waals surface area contributed by atoms with Gasteiger partial charge >= 0.3 is 5.70 Å². The Morgan fingerprint density at radius 3 is 2.62 bits per heavy atom. The van der Waals surface area contributed by atoms with Gasteiger partial charge in [0.1, 0.15) is 0 Å². The maximum absolute atomic E-state index is 12.3. The van der Waals surface area contributed by atoms with Crippen LogP contribution in [0.3, 0.4) is 0 Å². The molecule has 122 valence electrons. The molecule has 0 amide bonds. The van der Waals surface area contributed by atoms with E-state index in [2.05, 4.69) is 10.1 Å². The molecule has 0 radical (unpaired) electrons. The minimum absolute atomic E-state index is 0.00279. The quantitative estimate of drug-likeness (QED) is 0.590. The Morgan fingerprint density at radius 2 is 1.85 bits per heavy atom. The summed E-state index contributed by atoms with van der Waals surface area (Å²) in [7, 11) is 0. The number of carbonyl (C=O) groups excluding carboxylic acids is 2. The average molecular weight is 338 g/mol. The Hall–Kier alpha value is -3.98. The van der Waals surface area contributed by atoms with Gasteiger partial charge in [-0.25, -0.2) is 0 Å². The maximum Gasteiger partial charge on any atom is 0.439 e. The fourth-order valence-corrected chi connectivity index (χ4v) is 3.21. The van der Waals surface area contributed by atoms with Crippen LogP contribution in [0.5, 0.6) is 0 Å². The molecular weight excluding hydrogens is 328 g/mol. The van der Waals surface area contributed by atoms with Crippen molar-refractivity contribution in [2.75, 3.05) is 0 Å². The van der Waals surface area contributed by atoms with Crippen LogP contribution in [0.1, 0.15) is 15.9 Å². The van der Waals surface area contributed by atoms with Crippen LogP contribution in [-0.4, -0.2) is 11.6 Å². The topological polar surface area (TPSA) is 96.9 Å². The molecule has 0 atom stereocenters. The van der Waals surface area contributed by atoms with Crippen molar-refractivity contribution in [3.05, 3.63) is 96.8 Å². The third-order valence-corrected chi connectivity index (χ3v) is 4.46. The Labute approximate surface area is 146 Å². The van der Waals surface area contributed by atoms with Crippen molar-refractivity contribution in [2.24, 2.45) is 5.11 Å². The molecule has 0 spiro atoms. The zero-order chi connectivity index (χ0) is 18.3. The molecule has 0 heterocycles. The number of rotatable bonds is 1. The molecule has 0 bridgehead atoms. The summed E-state index contributed by atoms with van der Waals surface area (Å²) in [6.07, 6.45) is 6.24. The lowest BCUT2D eigenvalue weighted by atomic mass is 9.97. The van der Waals surface area contributed by atoms with Gasteiger partial charge in [0, 0.05) is 5.56 Å². The number of allylic oxidation sites excluding steroid dienone is 2. The minimum atomic E-state index is -0.353. The van der Waals surface area contributed by atoms with E-state index >= 15 is 0 Å². The van der Waals surface area contributed by atoms with Gasteiger partial charge in [-0.15, -0.1) is 0 Å². The first-order chi connectivity index (χ1) is 12.6. The van der Waals surface area contributed by atoms with Crippen LogP contribution in [0.2, 0.25) is 0 Å². The number of Topliss-reactive ketones (excluding diaryl/α,β-unsaturated/α-hetero) is 1. The summed E-state index contributed by atoms with van der Waals surface area (Å²) in [5.41, 5.74) is 10.1. The molecule has 26 heavy (non-hydrogen) atoms. The predicted molar refractivity (Wildman–Crippen MR) is 95.0 cm³/mol. The van der Waals surface area contributed by atoms with Crippen LogP contribution < -0.4 is 10.4 Å². The van der Waals surface area contributed by atoms with Gasteiger partial charge in [-0.1, -0.05) is 30.3 Å². The van der Waals surface area contributed by atoms with Crippen LogP contribution in [0, 0.1) is 15.8 Å². The van der Waals surface area contributed by atoms with Gasteiger partial charge in [0.25, 0.3) is 5.78 Å². The van der Waals surface area contributed by atoms with E-state index in [9.17, 15) is 9.59 Å². The smallest absolute Gasteiger partial charge is 0.439 e. The summed E-state index contributed by atoms with van der Waals surface area (Å²) < 4.78 is 0. The van der Waals surface area contributed by atoms with E-state index < -0.39 is 0 Å². The summed E-state index contributed by atoms with van der Waals surface area (Å²) in [6.45, 7) is 0. The third-order valence-electron chi connectivity index (χ3n) is 4.46. The molecule has 0 aliphatic heterocycles. The fourth-order valence-electron chi connectivity index (χ4n) is 3.21. The summed E-state index contributed by atoms with van der Waals surface area (Å²) in [6, 6.07) is 10.7. The van der Waals surface area contributed by atoms with E-state index in [-0.39, 0.29) is 23.0 Å². The number of diazo groups is 1. The second kappa shape index (κ2) is 5.83. The molecule has 2 aliphatic carbocycles. The number of ketones is 2. The first-order valence-corrected chi connectivity index (χ1v) is 7.81. The van der Waals surface area contributed by atoms with Gasteiger partial charge < -0.3 is 10.6 Å². The summed E-state index contributed by atoms with van der Waals surface area (Å²) in [5.74, 6) is -0.695. The van der Waals surface area contributed by atoms with Gasteiger partial charge in [0.2, 0.25) is 11.2 Å². The highest BCUT2D eigenvalue weighted by Gasteiger charge is 2.25. The van der Waals surface area contributed by atoms with E-state index in [1.54, 1.807) is 36.4 Å². The second-order valence-corrected chi connectivity index (χ2v) is 5.86. The van der Waals surface area contributed by atoms with Gasteiger partial charge in [-0.3, -0.25) is 9.59 Å².